The minimum Gasteiger partial charge on any atom is -0.504 e. The van der Waals surface area contributed by atoms with Gasteiger partial charge in [0.05, 0.1) is 5.75 Å². The number of phenols is 2. The van der Waals surface area contributed by atoms with E-state index in [0.29, 0.717) is 11.4 Å². The molecule has 0 bridgehead atoms. The molecule has 124 valence electrons. The molecule has 2 heterocycles. The van der Waals surface area contributed by atoms with Gasteiger partial charge in [-0.15, -0.1) is 11.3 Å². The topological polar surface area (TPSA) is 83.3 Å². The molecule has 2 aromatic heterocycles. The van der Waals surface area contributed by atoms with E-state index < -0.39 is 0 Å². The van der Waals surface area contributed by atoms with Crippen molar-refractivity contribution in [2.45, 2.75) is 25.8 Å². The van der Waals surface area contributed by atoms with Crippen LogP contribution in [0.5, 0.6) is 11.5 Å². The van der Waals surface area contributed by atoms with Crippen LogP contribution in [0.2, 0.25) is 0 Å². The number of aryl methyl sites for hydroxylation is 3. The van der Waals surface area contributed by atoms with Crippen molar-refractivity contribution in [3.05, 3.63) is 40.0 Å². The Kier molecular flexibility index (Phi) is 4.47. The molecular formula is C17H16N2O3S2. The number of aromatic nitrogens is 2. The van der Waals surface area contributed by atoms with E-state index in [-0.39, 0.29) is 23.0 Å². The fraction of sp³-hybridized carbons (Fsp3) is 0.235. The summed E-state index contributed by atoms with van der Waals surface area (Å²) in [6.45, 7) is 5.93. The summed E-state index contributed by atoms with van der Waals surface area (Å²) in [4.78, 5) is 23.4. The molecule has 0 aliphatic carbocycles. The summed E-state index contributed by atoms with van der Waals surface area (Å²) in [6.07, 6.45) is 0. The summed E-state index contributed by atoms with van der Waals surface area (Å²) in [5.74, 6) is 0.210. The van der Waals surface area contributed by atoms with Crippen LogP contribution in [-0.2, 0) is 0 Å². The van der Waals surface area contributed by atoms with Crippen molar-refractivity contribution in [3.63, 3.8) is 0 Å². The lowest BCUT2D eigenvalue weighted by Crippen LogP contribution is -2.03. The van der Waals surface area contributed by atoms with Gasteiger partial charge < -0.3 is 10.2 Å². The van der Waals surface area contributed by atoms with Gasteiger partial charge in [0.2, 0.25) is 0 Å². The van der Waals surface area contributed by atoms with Gasteiger partial charge >= 0.3 is 0 Å². The number of Topliss-reactive ketones (excluding diaryl/α,β-unsaturated/α-hetero) is 1. The van der Waals surface area contributed by atoms with E-state index in [1.54, 1.807) is 11.3 Å². The average molecular weight is 360 g/mol. The molecule has 0 saturated heterocycles. The van der Waals surface area contributed by atoms with Gasteiger partial charge in [0, 0.05) is 15.8 Å². The summed E-state index contributed by atoms with van der Waals surface area (Å²) in [5, 5.41) is 20.7. The van der Waals surface area contributed by atoms with Crippen molar-refractivity contribution < 1.29 is 15.0 Å². The maximum Gasteiger partial charge on any atom is 0.173 e. The molecule has 0 aliphatic rings. The van der Waals surface area contributed by atoms with Gasteiger partial charge in [0.25, 0.3) is 0 Å². The van der Waals surface area contributed by atoms with Gasteiger partial charge in [0.15, 0.2) is 17.3 Å². The second kappa shape index (κ2) is 6.41. The van der Waals surface area contributed by atoms with Crippen LogP contribution in [0.15, 0.2) is 23.2 Å². The number of fused-ring (bicyclic) bond motifs is 1. The van der Waals surface area contributed by atoms with Crippen LogP contribution in [0.25, 0.3) is 10.2 Å². The van der Waals surface area contributed by atoms with Crippen molar-refractivity contribution in [1.82, 2.24) is 9.97 Å². The number of carbonyl (C=O) groups is 1. The number of rotatable bonds is 4. The van der Waals surface area contributed by atoms with Crippen molar-refractivity contribution in [1.29, 1.82) is 0 Å². The minimum absolute atomic E-state index is 0.135. The van der Waals surface area contributed by atoms with Crippen molar-refractivity contribution in [3.8, 4) is 11.5 Å². The van der Waals surface area contributed by atoms with E-state index >= 15 is 0 Å². The first-order valence-corrected chi connectivity index (χ1v) is 9.09. The molecule has 0 atom stereocenters. The summed E-state index contributed by atoms with van der Waals surface area (Å²) < 4.78 is 0. The number of phenolic OH excluding ortho intramolecular Hbond substituents is 2. The fourth-order valence-electron chi connectivity index (χ4n) is 2.33. The lowest BCUT2D eigenvalue weighted by Gasteiger charge is -2.06. The molecule has 7 heteroatoms. The summed E-state index contributed by atoms with van der Waals surface area (Å²) >= 11 is 3.00. The maximum atomic E-state index is 12.3. The molecule has 0 fully saturated rings. The molecule has 5 nitrogen and oxygen atoms in total. The first-order chi connectivity index (χ1) is 11.4. The quantitative estimate of drug-likeness (QED) is 0.317. The van der Waals surface area contributed by atoms with Crippen LogP contribution in [0.3, 0.4) is 0 Å². The molecule has 0 saturated carbocycles. The molecule has 0 aliphatic heterocycles. The summed E-state index contributed by atoms with van der Waals surface area (Å²) in [7, 11) is 0. The lowest BCUT2D eigenvalue weighted by atomic mass is 10.1. The zero-order valence-corrected chi connectivity index (χ0v) is 15.1. The number of ketones is 1. The second-order valence-corrected chi connectivity index (χ2v) is 7.62. The zero-order chi connectivity index (χ0) is 17.4. The van der Waals surface area contributed by atoms with Crippen LogP contribution >= 0.6 is 23.1 Å². The average Bonchev–Trinajstić information content (AvgIpc) is 2.81. The van der Waals surface area contributed by atoms with Gasteiger partial charge in [-0.3, -0.25) is 4.79 Å². The lowest BCUT2D eigenvalue weighted by molar-refractivity contribution is 0.102. The molecule has 2 N–H and O–H groups in total. The predicted molar refractivity (Wildman–Crippen MR) is 96.5 cm³/mol. The third kappa shape index (κ3) is 3.09. The molecule has 0 amide bonds. The Hall–Kier alpha value is -2.12. The van der Waals surface area contributed by atoms with Crippen LogP contribution in [0, 0.1) is 20.8 Å². The molecule has 3 aromatic rings. The molecular weight excluding hydrogens is 344 g/mol. The highest BCUT2D eigenvalue weighted by Gasteiger charge is 2.16. The summed E-state index contributed by atoms with van der Waals surface area (Å²) in [6, 6.07) is 4.09. The van der Waals surface area contributed by atoms with E-state index in [1.807, 2.05) is 13.8 Å². The largest absolute Gasteiger partial charge is 0.504 e. The van der Waals surface area contributed by atoms with E-state index in [2.05, 4.69) is 16.9 Å². The Bertz CT molecular complexity index is 951. The number of benzene rings is 1. The predicted octanol–water partition coefficient (Wildman–Crippen LogP) is 4.00. The Balaban J connectivity index is 1.87. The van der Waals surface area contributed by atoms with Crippen LogP contribution in [0.1, 0.15) is 26.6 Å². The zero-order valence-electron chi connectivity index (χ0n) is 13.5. The number of hydrogen-bond acceptors (Lipinski definition) is 7. The second-order valence-electron chi connectivity index (χ2n) is 5.45. The number of thiophene rings is 1. The normalized spacial score (nSPS) is 11.1. The van der Waals surface area contributed by atoms with Gasteiger partial charge in [-0.1, -0.05) is 11.8 Å². The number of aromatic hydroxyl groups is 2. The number of thioether (sulfide) groups is 1. The third-order valence-electron chi connectivity index (χ3n) is 3.74. The van der Waals surface area contributed by atoms with Crippen molar-refractivity contribution in [2.24, 2.45) is 0 Å². The first-order valence-electron chi connectivity index (χ1n) is 7.29. The van der Waals surface area contributed by atoms with Crippen molar-refractivity contribution >= 4 is 39.1 Å². The van der Waals surface area contributed by atoms with Crippen LogP contribution in [0.4, 0.5) is 0 Å². The Morgan fingerprint density at radius 1 is 1.17 bits per heavy atom. The van der Waals surface area contributed by atoms with E-state index in [4.69, 9.17) is 0 Å². The molecule has 1 aromatic carbocycles. The first kappa shape index (κ1) is 16.7. The van der Waals surface area contributed by atoms with Crippen molar-refractivity contribution in [2.75, 3.05) is 5.75 Å². The fourth-order valence-corrected chi connectivity index (χ4v) is 4.50. The minimum atomic E-state index is -0.296. The third-order valence-corrected chi connectivity index (χ3v) is 5.82. The van der Waals surface area contributed by atoms with Gasteiger partial charge in [-0.05, 0) is 44.5 Å². The SMILES string of the molecule is Cc1nc(SCC(=O)c2ccc(O)c(O)c2)c2c(C)c(C)sc2n1. The number of nitrogens with zero attached hydrogens (tertiary/aromatic N) is 2. The van der Waals surface area contributed by atoms with E-state index in [1.165, 1.54) is 34.8 Å². The molecule has 0 radical (unpaired) electrons. The van der Waals surface area contributed by atoms with Gasteiger partial charge in [-0.2, -0.15) is 0 Å². The number of hydrogen-bond donors (Lipinski definition) is 2. The maximum absolute atomic E-state index is 12.3. The highest BCUT2D eigenvalue weighted by molar-refractivity contribution is 8.00. The van der Waals surface area contributed by atoms with E-state index in [9.17, 15) is 15.0 Å². The van der Waals surface area contributed by atoms with Gasteiger partial charge in [0.1, 0.15) is 15.7 Å². The molecule has 3 rings (SSSR count). The van der Waals surface area contributed by atoms with E-state index in [0.717, 1.165) is 20.8 Å². The van der Waals surface area contributed by atoms with Crippen LogP contribution < -0.4 is 0 Å². The Labute approximate surface area is 147 Å². The highest BCUT2D eigenvalue weighted by atomic mass is 32.2. The molecule has 0 spiro atoms. The van der Waals surface area contributed by atoms with Crippen LogP contribution in [-0.4, -0.2) is 31.7 Å². The Morgan fingerprint density at radius 3 is 2.62 bits per heavy atom. The number of carbonyl (C=O) groups excluding carboxylic acids is 1. The summed E-state index contributed by atoms with van der Waals surface area (Å²) in [5.41, 5.74) is 1.50. The highest BCUT2D eigenvalue weighted by Crippen LogP contribution is 2.35. The Morgan fingerprint density at radius 2 is 1.92 bits per heavy atom. The van der Waals surface area contributed by atoms with Gasteiger partial charge in [-0.25, -0.2) is 9.97 Å². The molecule has 24 heavy (non-hydrogen) atoms. The smallest absolute Gasteiger partial charge is 0.173 e. The molecule has 0 unspecified atom stereocenters. The standard InChI is InChI=1S/C17H16N2O3S2/c1-8-9(2)24-17-15(8)16(18-10(3)19-17)23-7-14(22)11-4-5-12(20)13(21)6-11/h4-6,20-21H,7H2,1-3H3. The monoisotopic (exact) mass is 360 g/mol.